The molecule has 114 valence electrons. The van der Waals surface area contributed by atoms with Gasteiger partial charge in [0.05, 0.1) is 21.5 Å². The fraction of sp³-hybridized carbons (Fsp3) is 0.364. The number of nitrogens with zero attached hydrogens (tertiary/aromatic N) is 3. The SMILES string of the molecule is O=C(c1cc([N+](=O)[O-])cc([N+](=O)[O-])c1)N(CCCl)CCCl. The van der Waals surface area contributed by atoms with E-state index >= 15 is 0 Å². The monoisotopic (exact) mass is 335 g/mol. The minimum absolute atomic E-state index is 0.147. The molecular weight excluding hydrogens is 325 g/mol. The lowest BCUT2D eigenvalue weighted by atomic mass is 10.1. The predicted octanol–water partition coefficient (Wildman–Crippen LogP) is 2.42. The van der Waals surface area contributed by atoms with Gasteiger partial charge in [0.15, 0.2) is 0 Å². The second-order valence-electron chi connectivity index (χ2n) is 3.92. The quantitative estimate of drug-likeness (QED) is 0.432. The van der Waals surface area contributed by atoms with Crippen molar-refractivity contribution in [2.45, 2.75) is 0 Å². The summed E-state index contributed by atoms with van der Waals surface area (Å²) >= 11 is 11.1. The molecule has 0 saturated carbocycles. The van der Waals surface area contributed by atoms with Crippen LogP contribution in [0.5, 0.6) is 0 Å². The van der Waals surface area contributed by atoms with Gasteiger partial charge >= 0.3 is 0 Å². The zero-order valence-electron chi connectivity index (χ0n) is 10.7. The molecule has 8 nitrogen and oxygen atoms in total. The van der Waals surface area contributed by atoms with E-state index in [-0.39, 0.29) is 30.4 Å². The standard InChI is InChI=1S/C11H11Cl2N3O5/c12-1-3-14(4-2-13)11(17)8-5-9(15(18)19)7-10(6-8)16(20)21/h5-7H,1-4H2. The molecule has 0 fully saturated rings. The van der Waals surface area contributed by atoms with Crippen LogP contribution in [0.1, 0.15) is 10.4 Å². The van der Waals surface area contributed by atoms with Crippen LogP contribution in [-0.4, -0.2) is 45.5 Å². The van der Waals surface area contributed by atoms with Crippen molar-refractivity contribution in [1.82, 2.24) is 4.90 Å². The summed E-state index contributed by atoms with van der Waals surface area (Å²) in [5.74, 6) is -0.289. The molecule has 10 heteroatoms. The summed E-state index contributed by atoms with van der Waals surface area (Å²) < 4.78 is 0. The van der Waals surface area contributed by atoms with E-state index in [1.807, 2.05) is 0 Å². The van der Waals surface area contributed by atoms with Crippen LogP contribution in [0.25, 0.3) is 0 Å². The number of hydrogen-bond acceptors (Lipinski definition) is 5. The zero-order valence-corrected chi connectivity index (χ0v) is 12.2. The lowest BCUT2D eigenvalue weighted by molar-refractivity contribution is -0.394. The number of nitro benzene ring substituents is 2. The van der Waals surface area contributed by atoms with Crippen LogP contribution in [0.3, 0.4) is 0 Å². The lowest BCUT2D eigenvalue weighted by Gasteiger charge is -2.20. The topological polar surface area (TPSA) is 107 Å². The van der Waals surface area contributed by atoms with E-state index in [0.717, 1.165) is 18.2 Å². The van der Waals surface area contributed by atoms with E-state index in [2.05, 4.69) is 0 Å². The highest BCUT2D eigenvalue weighted by atomic mass is 35.5. The van der Waals surface area contributed by atoms with Gasteiger partial charge in [-0.2, -0.15) is 0 Å². The molecular formula is C11H11Cl2N3O5. The Labute approximate surface area is 129 Å². The van der Waals surface area contributed by atoms with Crippen LogP contribution in [0.2, 0.25) is 0 Å². The number of carbonyl (C=O) groups is 1. The molecule has 0 saturated heterocycles. The van der Waals surface area contributed by atoms with Crippen molar-refractivity contribution < 1.29 is 14.6 Å². The first-order chi connectivity index (χ1) is 9.90. The second kappa shape index (κ2) is 7.75. The Balaban J connectivity index is 3.23. The van der Waals surface area contributed by atoms with E-state index in [4.69, 9.17) is 23.2 Å². The van der Waals surface area contributed by atoms with Gasteiger partial charge in [0.1, 0.15) is 0 Å². The molecule has 0 bridgehead atoms. The van der Waals surface area contributed by atoms with E-state index in [9.17, 15) is 25.0 Å². The molecule has 0 heterocycles. The number of halogens is 2. The summed E-state index contributed by atoms with van der Waals surface area (Å²) in [5.41, 5.74) is -1.19. The first-order valence-corrected chi connectivity index (χ1v) is 6.82. The van der Waals surface area contributed by atoms with Crippen molar-refractivity contribution in [2.24, 2.45) is 0 Å². The summed E-state index contributed by atoms with van der Waals surface area (Å²) in [6.07, 6.45) is 0. The number of carbonyl (C=O) groups excluding carboxylic acids is 1. The van der Waals surface area contributed by atoms with Gasteiger partial charge in [-0.05, 0) is 0 Å². The average molecular weight is 336 g/mol. The summed E-state index contributed by atoms with van der Waals surface area (Å²) in [6.45, 7) is 0.368. The Morgan fingerprint density at radius 1 is 1.00 bits per heavy atom. The third-order valence-corrected chi connectivity index (χ3v) is 2.91. The van der Waals surface area contributed by atoms with Gasteiger partial charge in [-0.15, -0.1) is 23.2 Å². The van der Waals surface area contributed by atoms with Crippen molar-refractivity contribution in [3.05, 3.63) is 44.0 Å². The Hall–Kier alpha value is -1.93. The van der Waals surface area contributed by atoms with Crippen LogP contribution in [0.15, 0.2) is 18.2 Å². The Morgan fingerprint density at radius 3 is 1.76 bits per heavy atom. The van der Waals surface area contributed by atoms with Gasteiger partial charge in [0.2, 0.25) is 0 Å². The maximum absolute atomic E-state index is 12.2. The summed E-state index contributed by atoms with van der Waals surface area (Å²) in [4.78, 5) is 33.5. The Bertz CT molecular complexity index is 529. The van der Waals surface area contributed by atoms with Crippen LogP contribution >= 0.6 is 23.2 Å². The molecule has 0 aromatic heterocycles. The average Bonchev–Trinajstić information content (AvgIpc) is 2.45. The molecule has 0 aliphatic carbocycles. The highest BCUT2D eigenvalue weighted by Gasteiger charge is 2.22. The molecule has 1 aromatic carbocycles. The molecule has 0 aliphatic heterocycles. The normalized spacial score (nSPS) is 10.2. The second-order valence-corrected chi connectivity index (χ2v) is 4.68. The maximum atomic E-state index is 12.2. The minimum atomic E-state index is -0.794. The molecule has 0 atom stereocenters. The Kier molecular flexibility index (Phi) is 6.32. The minimum Gasteiger partial charge on any atom is -0.336 e. The van der Waals surface area contributed by atoms with Gasteiger partial charge in [0, 0.05) is 37.0 Å². The van der Waals surface area contributed by atoms with Gasteiger partial charge in [-0.25, -0.2) is 0 Å². The number of amides is 1. The van der Waals surface area contributed by atoms with E-state index in [1.54, 1.807) is 0 Å². The fourth-order valence-corrected chi connectivity index (χ4v) is 2.04. The van der Waals surface area contributed by atoms with Gasteiger partial charge < -0.3 is 4.90 Å². The number of nitro groups is 2. The van der Waals surface area contributed by atoms with Crippen LogP contribution in [-0.2, 0) is 0 Å². The summed E-state index contributed by atoms with van der Waals surface area (Å²) in [5, 5.41) is 21.6. The number of non-ortho nitro benzene ring substituents is 2. The molecule has 0 aliphatic rings. The highest BCUT2D eigenvalue weighted by Crippen LogP contribution is 2.23. The van der Waals surface area contributed by atoms with Crippen molar-refractivity contribution in [1.29, 1.82) is 0 Å². The largest absolute Gasteiger partial charge is 0.336 e. The van der Waals surface area contributed by atoms with E-state index in [1.165, 1.54) is 4.90 Å². The molecule has 21 heavy (non-hydrogen) atoms. The third kappa shape index (κ3) is 4.54. The lowest BCUT2D eigenvalue weighted by Crippen LogP contribution is -2.34. The van der Waals surface area contributed by atoms with Gasteiger partial charge in [0.25, 0.3) is 17.3 Å². The summed E-state index contributed by atoms with van der Waals surface area (Å²) in [7, 11) is 0. The molecule has 0 radical (unpaired) electrons. The highest BCUT2D eigenvalue weighted by molar-refractivity contribution is 6.18. The molecule has 0 spiro atoms. The van der Waals surface area contributed by atoms with E-state index < -0.39 is 27.1 Å². The molecule has 0 unspecified atom stereocenters. The smallest absolute Gasteiger partial charge is 0.277 e. The maximum Gasteiger partial charge on any atom is 0.277 e. The van der Waals surface area contributed by atoms with Crippen molar-refractivity contribution in [2.75, 3.05) is 24.8 Å². The van der Waals surface area contributed by atoms with Gasteiger partial charge in [-0.1, -0.05) is 0 Å². The van der Waals surface area contributed by atoms with Crippen LogP contribution in [0, 0.1) is 20.2 Å². The predicted molar refractivity (Wildman–Crippen MR) is 77.1 cm³/mol. The zero-order chi connectivity index (χ0) is 16.0. The number of rotatable bonds is 7. The van der Waals surface area contributed by atoms with Crippen molar-refractivity contribution in [3.63, 3.8) is 0 Å². The number of alkyl halides is 2. The summed E-state index contributed by atoms with van der Waals surface area (Å²) in [6, 6.07) is 2.78. The number of hydrogen-bond donors (Lipinski definition) is 0. The van der Waals surface area contributed by atoms with Crippen molar-refractivity contribution in [3.8, 4) is 0 Å². The first kappa shape index (κ1) is 17.1. The first-order valence-electron chi connectivity index (χ1n) is 5.75. The van der Waals surface area contributed by atoms with Crippen molar-refractivity contribution >= 4 is 40.5 Å². The number of benzene rings is 1. The van der Waals surface area contributed by atoms with E-state index in [0.29, 0.717) is 0 Å². The fourth-order valence-electron chi connectivity index (χ4n) is 1.63. The third-order valence-electron chi connectivity index (χ3n) is 2.57. The molecule has 0 N–H and O–H groups in total. The molecule has 1 amide bonds. The van der Waals surface area contributed by atoms with Crippen LogP contribution < -0.4 is 0 Å². The molecule has 1 rings (SSSR count). The Morgan fingerprint density at radius 2 is 1.43 bits per heavy atom. The van der Waals surface area contributed by atoms with Crippen LogP contribution in [0.4, 0.5) is 11.4 Å². The van der Waals surface area contributed by atoms with Gasteiger partial charge in [-0.3, -0.25) is 25.0 Å². The molecule has 1 aromatic rings.